The Hall–Kier alpha value is -0.220. The van der Waals surface area contributed by atoms with Crippen molar-refractivity contribution in [1.82, 2.24) is 0 Å². The zero-order chi connectivity index (χ0) is 10.7. The van der Waals surface area contributed by atoms with E-state index in [-0.39, 0.29) is 16.4 Å². The lowest BCUT2D eigenvalue weighted by Gasteiger charge is -2.07. The van der Waals surface area contributed by atoms with Crippen LogP contribution in [0, 0.1) is 5.82 Å². The number of Topliss-reactive ketones (excluding diaryl/α,β-unsaturated/α-hetero) is 1. The van der Waals surface area contributed by atoms with Crippen LogP contribution in [0.4, 0.5) is 4.39 Å². The largest absolute Gasteiger partial charge is 0.293 e. The molecule has 0 radical (unpaired) electrons. The predicted molar refractivity (Wildman–Crippen MR) is 61.8 cm³/mol. The minimum absolute atomic E-state index is 0.0283. The summed E-state index contributed by atoms with van der Waals surface area (Å²) in [6, 6.07) is 4.19. The maximum Gasteiger partial charge on any atom is 0.176 e. The van der Waals surface area contributed by atoms with E-state index in [0.29, 0.717) is 16.5 Å². The number of hydrogen-bond donors (Lipinski definition) is 0. The van der Waals surface area contributed by atoms with Crippen molar-refractivity contribution in [2.24, 2.45) is 0 Å². The molecule has 1 rings (SSSR count). The molecule has 0 saturated carbocycles. The van der Waals surface area contributed by atoms with E-state index in [1.54, 1.807) is 6.92 Å². The van der Waals surface area contributed by atoms with Gasteiger partial charge in [-0.2, -0.15) is 0 Å². The van der Waals surface area contributed by atoms with Crippen LogP contribution in [-0.4, -0.2) is 10.6 Å². The van der Waals surface area contributed by atoms with Crippen LogP contribution >= 0.6 is 31.9 Å². The molecule has 1 atom stereocenters. The lowest BCUT2D eigenvalue weighted by Crippen LogP contribution is -2.12. The Kier molecular flexibility index (Phi) is 4.26. The molecule has 4 heteroatoms. The summed E-state index contributed by atoms with van der Waals surface area (Å²) in [5.74, 6) is -0.349. The van der Waals surface area contributed by atoms with Crippen LogP contribution in [0.3, 0.4) is 0 Å². The fourth-order valence-corrected chi connectivity index (χ4v) is 1.84. The quantitative estimate of drug-likeness (QED) is 0.612. The third-order valence-electron chi connectivity index (χ3n) is 1.84. The van der Waals surface area contributed by atoms with Gasteiger partial charge in [0.25, 0.3) is 0 Å². The van der Waals surface area contributed by atoms with E-state index in [1.807, 2.05) is 0 Å². The van der Waals surface area contributed by atoms with Gasteiger partial charge in [-0.05, 0) is 30.7 Å². The van der Waals surface area contributed by atoms with Crippen LogP contribution in [0.25, 0.3) is 0 Å². The predicted octanol–water partition coefficient (Wildman–Crippen LogP) is 3.69. The van der Waals surface area contributed by atoms with Crippen LogP contribution in [0.5, 0.6) is 0 Å². The number of carbonyl (C=O) groups excluding carboxylic acids is 1. The van der Waals surface area contributed by atoms with Crippen molar-refractivity contribution in [2.75, 3.05) is 0 Å². The van der Waals surface area contributed by atoms with Crippen LogP contribution in [0.2, 0.25) is 0 Å². The van der Waals surface area contributed by atoms with E-state index in [2.05, 4.69) is 31.9 Å². The van der Waals surface area contributed by atoms with Crippen LogP contribution in [-0.2, 0) is 5.33 Å². The van der Waals surface area contributed by atoms with Crippen LogP contribution < -0.4 is 0 Å². The molecule has 0 bridgehead atoms. The Morgan fingerprint density at radius 2 is 2.21 bits per heavy atom. The molecule has 0 fully saturated rings. The van der Waals surface area contributed by atoms with E-state index in [0.717, 1.165) is 0 Å². The maximum absolute atomic E-state index is 12.9. The second kappa shape index (κ2) is 5.03. The highest BCUT2D eigenvalue weighted by Gasteiger charge is 2.15. The zero-order valence-electron chi connectivity index (χ0n) is 7.56. The average Bonchev–Trinajstić information content (AvgIpc) is 2.16. The molecule has 0 amide bonds. The second-order valence-corrected chi connectivity index (χ2v) is 4.85. The fourth-order valence-electron chi connectivity index (χ4n) is 1.13. The first kappa shape index (κ1) is 11.9. The highest BCUT2D eigenvalue weighted by atomic mass is 79.9. The van der Waals surface area contributed by atoms with Crippen molar-refractivity contribution in [3.63, 3.8) is 0 Å². The third kappa shape index (κ3) is 2.64. The van der Waals surface area contributed by atoms with Gasteiger partial charge >= 0.3 is 0 Å². The van der Waals surface area contributed by atoms with Gasteiger partial charge in [-0.15, -0.1) is 0 Å². The third-order valence-corrected chi connectivity index (χ3v) is 2.86. The van der Waals surface area contributed by atoms with Gasteiger partial charge in [0, 0.05) is 10.9 Å². The molecule has 0 heterocycles. The molecular formula is C10H9Br2FO. The lowest BCUT2D eigenvalue weighted by molar-refractivity contribution is 0.0995. The van der Waals surface area contributed by atoms with Gasteiger partial charge < -0.3 is 0 Å². The molecule has 1 unspecified atom stereocenters. The molecule has 0 saturated heterocycles. The number of ketones is 1. The molecule has 76 valence electrons. The summed E-state index contributed by atoms with van der Waals surface area (Å²) < 4.78 is 12.9. The first-order chi connectivity index (χ1) is 6.56. The first-order valence-corrected chi connectivity index (χ1v) is 6.12. The SMILES string of the molecule is CC(Br)C(=O)c1ccc(F)cc1CBr. The highest BCUT2D eigenvalue weighted by Crippen LogP contribution is 2.18. The topological polar surface area (TPSA) is 17.1 Å². The first-order valence-electron chi connectivity index (χ1n) is 4.09. The standard InChI is InChI=1S/C10H9Br2FO/c1-6(12)10(14)9-3-2-8(13)4-7(9)5-11/h2-4,6H,5H2,1H3. The summed E-state index contributed by atoms with van der Waals surface area (Å²) in [5.41, 5.74) is 1.24. The van der Waals surface area contributed by atoms with Crippen LogP contribution in [0.1, 0.15) is 22.8 Å². The summed E-state index contributed by atoms with van der Waals surface area (Å²) in [7, 11) is 0. The molecule has 14 heavy (non-hydrogen) atoms. The molecule has 0 aliphatic carbocycles. The fraction of sp³-hybridized carbons (Fsp3) is 0.300. The van der Waals surface area contributed by atoms with E-state index < -0.39 is 0 Å². The maximum atomic E-state index is 12.9. The molecule has 1 nitrogen and oxygen atoms in total. The molecule has 0 aliphatic rings. The number of hydrogen-bond acceptors (Lipinski definition) is 1. The molecule has 0 aromatic heterocycles. The Labute approximate surface area is 99.0 Å². The summed E-state index contributed by atoms with van der Waals surface area (Å²) in [5, 5.41) is 0.478. The molecule has 0 aliphatic heterocycles. The summed E-state index contributed by atoms with van der Waals surface area (Å²) in [6.45, 7) is 1.75. The van der Waals surface area contributed by atoms with Crippen LogP contribution in [0.15, 0.2) is 18.2 Å². The lowest BCUT2D eigenvalue weighted by atomic mass is 10.0. The Morgan fingerprint density at radius 1 is 1.57 bits per heavy atom. The Balaban J connectivity index is 3.14. The highest BCUT2D eigenvalue weighted by molar-refractivity contribution is 9.10. The Bertz CT molecular complexity index is 350. The van der Waals surface area contributed by atoms with Crippen molar-refractivity contribution in [3.05, 3.63) is 35.1 Å². The van der Waals surface area contributed by atoms with Crippen molar-refractivity contribution in [1.29, 1.82) is 0 Å². The number of rotatable bonds is 3. The van der Waals surface area contributed by atoms with E-state index in [4.69, 9.17) is 0 Å². The van der Waals surface area contributed by atoms with Gasteiger partial charge in [0.1, 0.15) is 5.82 Å². The van der Waals surface area contributed by atoms with Gasteiger partial charge in [-0.25, -0.2) is 4.39 Å². The van der Waals surface area contributed by atoms with E-state index in [1.165, 1.54) is 18.2 Å². The van der Waals surface area contributed by atoms with Gasteiger partial charge in [-0.1, -0.05) is 31.9 Å². The van der Waals surface area contributed by atoms with E-state index in [9.17, 15) is 9.18 Å². The van der Waals surface area contributed by atoms with Crippen molar-refractivity contribution >= 4 is 37.6 Å². The van der Waals surface area contributed by atoms with Crippen molar-refractivity contribution in [3.8, 4) is 0 Å². The summed E-state index contributed by atoms with van der Waals surface area (Å²) in [6.07, 6.45) is 0. The molecular weight excluding hydrogens is 315 g/mol. The number of halogens is 3. The average molecular weight is 324 g/mol. The van der Waals surface area contributed by atoms with Crippen molar-refractivity contribution in [2.45, 2.75) is 17.1 Å². The van der Waals surface area contributed by atoms with Gasteiger partial charge in [0.15, 0.2) is 5.78 Å². The molecule has 1 aromatic carbocycles. The minimum atomic E-state index is -0.321. The minimum Gasteiger partial charge on any atom is -0.293 e. The molecule has 0 N–H and O–H groups in total. The van der Waals surface area contributed by atoms with E-state index >= 15 is 0 Å². The summed E-state index contributed by atoms with van der Waals surface area (Å²) in [4.78, 5) is 11.4. The number of benzene rings is 1. The molecule has 0 spiro atoms. The van der Waals surface area contributed by atoms with Crippen molar-refractivity contribution < 1.29 is 9.18 Å². The number of carbonyl (C=O) groups is 1. The molecule has 1 aromatic rings. The summed E-state index contributed by atoms with van der Waals surface area (Å²) >= 11 is 6.43. The van der Waals surface area contributed by atoms with Gasteiger partial charge in [-0.3, -0.25) is 4.79 Å². The smallest absolute Gasteiger partial charge is 0.176 e. The normalized spacial score (nSPS) is 12.6. The Morgan fingerprint density at radius 3 is 2.71 bits per heavy atom. The second-order valence-electron chi connectivity index (χ2n) is 2.92. The van der Waals surface area contributed by atoms with Gasteiger partial charge in [0.2, 0.25) is 0 Å². The van der Waals surface area contributed by atoms with Gasteiger partial charge in [0.05, 0.1) is 4.83 Å². The number of alkyl halides is 2. The zero-order valence-corrected chi connectivity index (χ0v) is 10.7. The monoisotopic (exact) mass is 322 g/mol.